The summed E-state index contributed by atoms with van der Waals surface area (Å²) in [6.07, 6.45) is 0. The molecule has 20 heavy (non-hydrogen) atoms. The molecule has 0 fully saturated rings. The maximum absolute atomic E-state index is 12.1. The lowest BCUT2D eigenvalue weighted by Gasteiger charge is -2.16. The number of nitrogens with zero attached hydrogens (tertiary/aromatic N) is 2. The predicted molar refractivity (Wildman–Crippen MR) is 77.6 cm³/mol. The number of aromatic nitrogens is 3. The fourth-order valence-corrected chi connectivity index (χ4v) is 2.13. The number of esters is 1. The van der Waals surface area contributed by atoms with E-state index in [0.717, 1.165) is 11.3 Å². The monoisotopic (exact) mass is 276 g/mol. The van der Waals surface area contributed by atoms with E-state index in [0.29, 0.717) is 18.1 Å². The molecular weight excluding hydrogens is 256 g/mol. The van der Waals surface area contributed by atoms with Crippen LogP contribution in [0, 0.1) is 5.92 Å². The van der Waals surface area contributed by atoms with Crippen molar-refractivity contribution in [1.82, 2.24) is 15.0 Å². The Morgan fingerprint density at radius 3 is 2.75 bits per heavy atom. The van der Waals surface area contributed by atoms with E-state index >= 15 is 0 Å². The molecule has 0 bridgehead atoms. The molecule has 0 aliphatic rings. The van der Waals surface area contributed by atoms with Crippen LogP contribution in [0.1, 0.15) is 32.5 Å². The van der Waals surface area contributed by atoms with Gasteiger partial charge in [-0.15, -0.1) is 0 Å². The van der Waals surface area contributed by atoms with Gasteiger partial charge in [-0.05, 0) is 25.0 Å². The molecule has 6 heteroatoms. The summed E-state index contributed by atoms with van der Waals surface area (Å²) in [6, 6.07) is 3.76. The minimum Gasteiger partial charge on any atom is -0.465 e. The summed E-state index contributed by atoms with van der Waals surface area (Å²) in [7, 11) is 1.80. The third-order valence-corrected chi connectivity index (χ3v) is 3.12. The molecule has 0 saturated heterocycles. The molecule has 0 saturated carbocycles. The van der Waals surface area contributed by atoms with Crippen LogP contribution < -0.4 is 5.32 Å². The molecule has 0 amide bonds. The van der Waals surface area contributed by atoms with Crippen LogP contribution in [0.3, 0.4) is 0 Å². The molecule has 0 aliphatic carbocycles. The average Bonchev–Trinajstić information content (AvgIpc) is 2.80. The van der Waals surface area contributed by atoms with Crippen LogP contribution >= 0.6 is 0 Å². The largest absolute Gasteiger partial charge is 0.465 e. The predicted octanol–water partition coefficient (Wildman–Crippen LogP) is 2.30. The molecule has 0 radical (unpaired) electrons. The number of ether oxygens (including phenoxy) is 1. The van der Waals surface area contributed by atoms with Gasteiger partial charge in [-0.2, -0.15) is 0 Å². The van der Waals surface area contributed by atoms with Gasteiger partial charge < -0.3 is 15.0 Å². The van der Waals surface area contributed by atoms with Gasteiger partial charge in [-0.1, -0.05) is 13.8 Å². The third kappa shape index (κ3) is 2.74. The van der Waals surface area contributed by atoms with Gasteiger partial charge >= 0.3 is 5.97 Å². The molecule has 2 aromatic heterocycles. The Morgan fingerprint density at radius 2 is 2.15 bits per heavy atom. The molecule has 1 unspecified atom stereocenters. The smallest absolute Gasteiger partial charge is 0.316 e. The van der Waals surface area contributed by atoms with Gasteiger partial charge in [0.1, 0.15) is 17.6 Å². The molecule has 2 aromatic rings. The van der Waals surface area contributed by atoms with Crippen molar-refractivity contribution >= 4 is 23.0 Å². The highest BCUT2D eigenvalue weighted by atomic mass is 16.5. The number of carbonyl (C=O) groups is 1. The molecule has 6 nitrogen and oxygen atoms in total. The maximum atomic E-state index is 12.1. The molecule has 2 heterocycles. The SMILES string of the molecule is CCOC(=O)C(c1nc2nc(NC)ccc2[nH]1)C(C)C. The number of carbonyl (C=O) groups excluding carboxylic acids is 1. The highest BCUT2D eigenvalue weighted by Crippen LogP contribution is 2.25. The average molecular weight is 276 g/mol. The van der Waals surface area contributed by atoms with Crippen LogP contribution in [0.5, 0.6) is 0 Å². The Morgan fingerprint density at radius 1 is 1.40 bits per heavy atom. The second kappa shape index (κ2) is 5.90. The van der Waals surface area contributed by atoms with E-state index in [9.17, 15) is 4.79 Å². The normalized spacial score (nSPS) is 12.7. The van der Waals surface area contributed by atoms with Gasteiger partial charge in [0, 0.05) is 7.05 Å². The number of rotatable bonds is 5. The van der Waals surface area contributed by atoms with Crippen LogP contribution in [0.25, 0.3) is 11.2 Å². The number of nitrogens with one attached hydrogen (secondary N) is 2. The molecule has 2 rings (SSSR count). The summed E-state index contributed by atoms with van der Waals surface area (Å²) in [5.41, 5.74) is 1.41. The molecule has 1 atom stereocenters. The van der Waals surface area contributed by atoms with Crippen molar-refractivity contribution < 1.29 is 9.53 Å². The Bertz CT molecular complexity index is 606. The van der Waals surface area contributed by atoms with Gasteiger partial charge in [0.05, 0.1) is 12.1 Å². The van der Waals surface area contributed by atoms with Gasteiger partial charge in [0.2, 0.25) is 0 Å². The number of pyridine rings is 1. The summed E-state index contributed by atoms with van der Waals surface area (Å²) in [6.45, 7) is 6.11. The topological polar surface area (TPSA) is 79.9 Å². The third-order valence-electron chi connectivity index (χ3n) is 3.12. The zero-order valence-electron chi connectivity index (χ0n) is 12.2. The Labute approximate surface area is 118 Å². The van der Waals surface area contributed by atoms with Crippen LogP contribution in [-0.4, -0.2) is 34.6 Å². The maximum Gasteiger partial charge on any atom is 0.316 e. The van der Waals surface area contributed by atoms with E-state index in [1.807, 2.05) is 26.0 Å². The van der Waals surface area contributed by atoms with E-state index in [2.05, 4.69) is 20.3 Å². The number of H-pyrrole nitrogens is 1. The fourth-order valence-electron chi connectivity index (χ4n) is 2.13. The van der Waals surface area contributed by atoms with E-state index < -0.39 is 5.92 Å². The molecule has 0 aliphatic heterocycles. The van der Waals surface area contributed by atoms with Crippen LogP contribution in [0.2, 0.25) is 0 Å². The molecule has 0 spiro atoms. The van der Waals surface area contributed by atoms with Crippen molar-refractivity contribution in [3.63, 3.8) is 0 Å². The van der Waals surface area contributed by atoms with Gasteiger partial charge in [0.15, 0.2) is 5.65 Å². The number of hydrogen-bond donors (Lipinski definition) is 2. The standard InChI is InChI=1S/C14H20N4O2/c1-5-20-14(19)11(8(2)3)13-16-9-6-7-10(15-4)17-12(9)18-13/h6-8,11H,5H2,1-4H3,(H2,15,16,17,18). The first-order valence-corrected chi connectivity index (χ1v) is 6.77. The van der Waals surface area contributed by atoms with Crippen molar-refractivity contribution in [2.75, 3.05) is 19.0 Å². The lowest BCUT2D eigenvalue weighted by atomic mass is 9.95. The van der Waals surface area contributed by atoms with E-state index in [-0.39, 0.29) is 11.9 Å². The van der Waals surface area contributed by atoms with Crippen molar-refractivity contribution in [3.05, 3.63) is 18.0 Å². The Hall–Kier alpha value is -2.11. The quantitative estimate of drug-likeness (QED) is 0.819. The molecule has 108 valence electrons. The van der Waals surface area contributed by atoms with Crippen molar-refractivity contribution in [3.8, 4) is 0 Å². The van der Waals surface area contributed by atoms with Crippen LogP contribution in [-0.2, 0) is 9.53 Å². The number of fused-ring (bicyclic) bond motifs is 1. The fraction of sp³-hybridized carbons (Fsp3) is 0.500. The Balaban J connectivity index is 2.40. The number of anilines is 1. The van der Waals surface area contributed by atoms with Gasteiger partial charge in [-0.3, -0.25) is 4.79 Å². The van der Waals surface area contributed by atoms with E-state index in [1.165, 1.54) is 0 Å². The summed E-state index contributed by atoms with van der Waals surface area (Å²) in [4.78, 5) is 24.0. The first-order valence-electron chi connectivity index (χ1n) is 6.77. The highest BCUT2D eigenvalue weighted by Gasteiger charge is 2.28. The zero-order valence-corrected chi connectivity index (χ0v) is 12.2. The number of aromatic amines is 1. The van der Waals surface area contributed by atoms with E-state index in [4.69, 9.17) is 4.74 Å². The highest BCUT2D eigenvalue weighted by molar-refractivity contribution is 5.80. The Kier molecular flexibility index (Phi) is 4.22. The summed E-state index contributed by atoms with van der Waals surface area (Å²) >= 11 is 0. The first-order chi connectivity index (χ1) is 9.56. The summed E-state index contributed by atoms with van der Waals surface area (Å²) < 4.78 is 5.13. The van der Waals surface area contributed by atoms with E-state index in [1.54, 1.807) is 14.0 Å². The lowest BCUT2D eigenvalue weighted by Crippen LogP contribution is -2.22. The summed E-state index contributed by atoms with van der Waals surface area (Å²) in [5.74, 6) is 0.790. The van der Waals surface area contributed by atoms with Gasteiger partial charge in [-0.25, -0.2) is 9.97 Å². The second-order valence-electron chi connectivity index (χ2n) is 4.91. The van der Waals surface area contributed by atoms with Gasteiger partial charge in [0.25, 0.3) is 0 Å². The molecule has 0 aromatic carbocycles. The summed E-state index contributed by atoms with van der Waals surface area (Å²) in [5, 5.41) is 2.97. The molecular formula is C14H20N4O2. The number of imidazole rings is 1. The van der Waals surface area contributed by atoms with Crippen molar-refractivity contribution in [2.24, 2.45) is 5.92 Å². The number of hydrogen-bond acceptors (Lipinski definition) is 5. The zero-order chi connectivity index (χ0) is 14.7. The van der Waals surface area contributed by atoms with Crippen molar-refractivity contribution in [1.29, 1.82) is 0 Å². The van der Waals surface area contributed by atoms with Crippen LogP contribution in [0.4, 0.5) is 5.82 Å². The second-order valence-corrected chi connectivity index (χ2v) is 4.91. The van der Waals surface area contributed by atoms with Crippen molar-refractivity contribution in [2.45, 2.75) is 26.7 Å². The molecule has 2 N–H and O–H groups in total. The lowest BCUT2D eigenvalue weighted by molar-refractivity contribution is -0.146. The van der Waals surface area contributed by atoms with Crippen LogP contribution in [0.15, 0.2) is 12.1 Å². The first kappa shape index (κ1) is 14.3. The minimum absolute atomic E-state index is 0.0957. The minimum atomic E-state index is -0.401.